The molecule has 0 saturated carbocycles. The summed E-state index contributed by atoms with van der Waals surface area (Å²) >= 11 is 0. The molecule has 0 spiro atoms. The lowest BCUT2D eigenvalue weighted by atomic mass is 9.86. The molecule has 0 fully saturated rings. The van der Waals surface area contributed by atoms with Crippen LogP contribution in [-0.4, -0.2) is 37.8 Å². The number of aromatic nitrogens is 3. The van der Waals surface area contributed by atoms with Crippen molar-refractivity contribution in [2.75, 3.05) is 6.61 Å². The number of benzene rings is 2. The zero-order chi connectivity index (χ0) is 32.3. The monoisotopic (exact) mass is 617 g/mol. The third-order valence-corrected chi connectivity index (χ3v) is 7.80. The number of ether oxygens (including phenoxy) is 2. The molecule has 11 heteroatoms. The van der Waals surface area contributed by atoms with Crippen LogP contribution in [0.1, 0.15) is 54.7 Å². The van der Waals surface area contributed by atoms with E-state index in [0.29, 0.717) is 57.5 Å². The maximum Gasteiger partial charge on any atom is 0.417 e. The van der Waals surface area contributed by atoms with E-state index in [1.165, 1.54) is 16.8 Å². The Morgan fingerprint density at radius 2 is 1.89 bits per heavy atom. The number of hydrogen-bond acceptors (Lipinski definition) is 6. The molecule has 2 aromatic carbocycles. The summed E-state index contributed by atoms with van der Waals surface area (Å²) in [5.74, 6) is -0.535. The van der Waals surface area contributed by atoms with Crippen LogP contribution in [0.5, 0.6) is 5.75 Å². The first-order valence-corrected chi connectivity index (χ1v) is 14.4. The number of nitrogens with zero attached hydrogens (tertiary/aromatic N) is 3. The second-order valence-corrected chi connectivity index (χ2v) is 12.1. The summed E-state index contributed by atoms with van der Waals surface area (Å²) < 4.78 is 53.8. The molecule has 0 radical (unpaired) electrons. The molecule has 0 saturated heterocycles. The lowest BCUT2D eigenvalue weighted by Crippen LogP contribution is -2.28. The number of hydrogen-bond donors (Lipinski definition) is 1. The number of carbonyl (C=O) groups is 1. The van der Waals surface area contributed by atoms with Crippen LogP contribution in [-0.2, 0) is 28.7 Å². The van der Waals surface area contributed by atoms with Gasteiger partial charge in [-0.25, -0.2) is 4.79 Å². The smallest absolute Gasteiger partial charge is 0.417 e. The van der Waals surface area contributed by atoms with Gasteiger partial charge < -0.3 is 19.1 Å². The largest absolute Gasteiger partial charge is 0.493 e. The van der Waals surface area contributed by atoms with E-state index in [0.717, 1.165) is 23.2 Å². The topological polar surface area (TPSA) is 104 Å². The van der Waals surface area contributed by atoms with Gasteiger partial charge >= 0.3 is 12.1 Å². The molecule has 1 atom stereocenters. The molecule has 1 N–H and O–H groups in total. The number of aliphatic carboxylic acids is 1. The maximum absolute atomic E-state index is 13.5. The number of fused-ring (bicyclic) bond motifs is 1. The fourth-order valence-corrected chi connectivity index (χ4v) is 5.98. The van der Waals surface area contributed by atoms with Gasteiger partial charge in [-0.3, -0.25) is 14.8 Å². The number of alkyl halides is 3. The van der Waals surface area contributed by atoms with Crippen molar-refractivity contribution in [3.8, 4) is 16.9 Å². The van der Waals surface area contributed by atoms with Gasteiger partial charge in [0, 0.05) is 53.0 Å². The molecule has 45 heavy (non-hydrogen) atoms. The Balaban J connectivity index is 1.69. The summed E-state index contributed by atoms with van der Waals surface area (Å²) in [6.07, 6.45) is -1.59. The quantitative estimate of drug-likeness (QED) is 0.222. The molecule has 1 aliphatic heterocycles. The zero-order valence-electron chi connectivity index (χ0n) is 25.0. The molecule has 232 valence electrons. The number of carboxylic acids is 1. The summed E-state index contributed by atoms with van der Waals surface area (Å²) in [7, 11) is 0. The number of halogens is 3. The van der Waals surface area contributed by atoms with Crippen LogP contribution in [0.2, 0.25) is 0 Å². The van der Waals surface area contributed by atoms with Crippen molar-refractivity contribution in [3.05, 3.63) is 99.2 Å². The minimum atomic E-state index is -4.60. The molecule has 0 aliphatic carbocycles. The van der Waals surface area contributed by atoms with E-state index in [-0.39, 0.29) is 12.1 Å². The fraction of sp³-hybridized carbons (Fsp3) is 0.294. The van der Waals surface area contributed by atoms with Gasteiger partial charge in [-0.2, -0.15) is 13.2 Å². The van der Waals surface area contributed by atoms with Gasteiger partial charge in [0.05, 0.1) is 35.3 Å². The van der Waals surface area contributed by atoms with E-state index in [1.807, 2.05) is 18.2 Å². The zero-order valence-corrected chi connectivity index (χ0v) is 25.0. The van der Waals surface area contributed by atoms with Crippen molar-refractivity contribution in [1.29, 1.82) is 0 Å². The Morgan fingerprint density at radius 3 is 2.60 bits per heavy atom. The maximum atomic E-state index is 13.5. The molecular weight excluding hydrogens is 587 g/mol. The Hall–Kier alpha value is -4.77. The Bertz CT molecular complexity index is 2040. The molecule has 1 aliphatic rings. The van der Waals surface area contributed by atoms with E-state index in [9.17, 15) is 27.9 Å². The summed E-state index contributed by atoms with van der Waals surface area (Å²) in [5, 5.41) is 11.8. The summed E-state index contributed by atoms with van der Waals surface area (Å²) in [6.45, 7) is 7.35. The first kappa shape index (κ1) is 30.3. The minimum Gasteiger partial charge on any atom is -0.493 e. The Kier molecular flexibility index (Phi) is 7.39. The lowest BCUT2D eigenvalue weighted by molar-refractivity contribution is -0.160. The van der Waals surface area contributed by atoms with Crippen molar-refractivity contribution in [2.45, 2.75) is 58.5 Å². The van der Waals surface area contributed by atoms with Gasteiger partial charge in [0.2, 0.25) is 0 Å². The van der Waals surface area contributed by atoms with E-state index in [2.05, 4.69) is 4.98 Å². The fourth-order valence-electron chi connectivity index (χ4n) is 5.98. The number of carboxylic acid groups (broad SMARTS) is 1. The predicted octanol–water partition coefficient (Wildman–Crippen LogP) is 6.86. The van der Waals surface area contributed by atoms with Crippen LogP contribution in [0.4, 0.5) is 13.2 Å². The Labute approximate surface area is 256 Å². The molecule has 6 rings (SSSR count). The second-order valence-electron chi connectivity index (χ2n) is 12.1. The van der Waals surface area contributed by atoms with Crippen LogP contribution in [0, 0.1) is 6.92 Å². The SMILES string of the molecule is Cc1cc2c(ccc(=O)n2Cc2cncc(C(F)(F)F)c2)c(-c2ccc3c4c(ccnc24)CCO3)c1C(OC(C)(C)C)C(=O)O. The third kappa shape index (κ3) is 5.64. The van der Waals surface area contributed by atoms with Crippen LogP contribution in [0.15, 0.2) is 65.8 Å². The average molecular weight is 618 g/mol. The highest BCUT2D eigenvalue weighted by atomic mass is 19.4. The normalized spacial score (nSPS) is 14.0. The van der Waals surface area contributed by atoms with E-state index >= 15 is 0 Å². The third-order valence-electron chi connectivity index (χ3n) is 7.80. The van der Waals surface area contributed by atoms with Crippen LogP contribution in [0.3, 0.4) is 0 Å². The van der Waals surface area contributed by atoms with Crippen molar-refractivity contribution in [1.82, 2.24) is 14.5 Å². The standard InChI is InChI=1S/C34H30F3N3O5/c1-18-13-24-22(6-8-26(41)40(24)17-19-14-21(16-38-15-19)34(35,36)37)29(27(18)31(32(42)43)45-33(2,3)4)23-5-7-25-28-20(10-12-44-25)9-11-39-30(23)28/h5-9,11,13-16,31H,10,12,17H2,1-4H3,(H,42,43). The van der Waals surface area contributed by atoms with Crippen LogP contribution < -0.4 is 10.3 Å². The first-order chi connectivity index (χ1) is 21.2. The summed E-state index contributed by atoms with van der Waals surface area (Å²) in [5.41, 5.74) is 2.05. The van der Waals surface area contributed by atoms with Gasteiger partial charge in [0.15, 0.2) is 6.10 Å². The summed E-state index contributed by atoms with van der Waals surface area (Å²) in [6, 6.07) is 11.2. The van der Waals surface area contributed by atoms with Crippen LogP contribution >= 0.6 is 0 Å². The Morgan fingerprint density at radius 1 is 1.11 bits per heavy atom. The van der Waals surface area contributed by atoms with Crippen molar-refractivity contribution < 1.29 is 32.5 Å². The highest BCUT2D eigenvalue weighted by molar-refractivity contribution is 6.08. The molecule has 8 nitrogen and oxygen atoms in total. The highest BCUT2D eigenvalue weighted by Gasteiger charge is 2.34. The number of pyridine rings is 3. The first-order valence-electron chi connectivity index (χ1n) is 14.4. The van der Waals surface area contributed by atoms with E-state index in [1.54, 1.807) is 46.0 Å². The van der Waals surface area contributed by atoms with Gasteiger partial charge in [0.25, 0.3) is 5.56 Å². The van der Waals surface area contributed by atoms with Crippen molar-refractivity contribution >= 4 is 27.8 Å². The van der Waals surface area contributed by atoms with Crippen LogP contribution in [0.25, 0.3) is 32.9 Å². The summed E-state index contributed by atoms with van der Waals surface area (Å²) in [4.78, 5) is 34.6. The number of aryl methyl sites for hydroxylation is 1. The predicted molar refractivity (Wildman–Crippen MR) is 162 cm³/mol. The van der Waals surface area contributed by atoms with Gasteiger partial charge in [-0.1, -0.05) is 0 Å². The molecule has 0 bridgehead atoms. The molecule has 5 aromatic rings. The van der Waals surface area contributed by atoms with Gasteiger partial charge in [-0.15, -0.1) is 0 Å². The molecule has 0 amide bonds. The molecular formula is C34H30F3N3O5. The van der Waals surface area contributed by atoms with E-state index < -0.39 is 35.0 Å². The van der Waals surface area contributed by atoms with Gasteiger partial charge in [-0.05, 0) is 86.3 Å². The minimum absolute atomic E-state index is 0.183. The number of rotatable bonds is 6. The van der Waals surface area contributed by atoms with Crippen molar-refractivity contribution in [2.24, 2.45) is 0 Å². The molecule has 1 unspecified atom stereocenters. The molecule has 4 heterocycles. The van der Waals surface area contributed by atoms with Gasteiger partial charge in [0.1, 0.15) is 5.75 Å². The average Bonchev–Trinajstić information content (AvgIpc) is 2.97. The van der Waals surface area contributed by atoms with E-state index in [4.69, 9.17) is 14.5 Å². The lowest BCUT2D eigenvalue weighted by Gasteiger charge is -2.29. The van der Waals surface area contributed by atoms with Crippen molar-refractivity contribution in [3.63, 3.8) is 0 Å². The second kappa shape index (κ2) is 11.0. The molecule has 3 aromatic heterocycles. The highest BCUT2D eigenvalue weighted by Crippen LogP contribution is 2.45.